The Morgan fingerprint density at radius 2 is 1.95 bits per heavy atom. The first kappa shape index (κ1) is 16.9. The minimum Gasteiger partial charge on any atom is -0.490 e. The van der Waals surface area contributed by atoms with Crippen LogP contribution in [-0.4, -0.2) is 26.9 Å². The molecule has 1 rings (SSSR count). The molecule has 114 valence electrons. The highest BCUT2D eigenvalue weighted by Gasteiger charge is 2.13. The lowest BCUT2D eigenvalue weighted by atomic mass is 9.93. The van der Waals surface area contributed by atoms with E-state index in [1.54, 1.807) is 13.2 Å². The molecule has 1 aromatic carbocycles. The van der Waals surface area contributed by atoms with Gasteiger partial charge in [-0.25, -0.2) is 4.39 Å². The van der Waals surface area contributed by atoms with Crippen LogP contribution in [0.1, 0.15) is 32.8 Å². The summed E-state index contributed by atoms with van der Waals surface area (Å²) in [5.41, 5.74) is 1.03. The molecular formula is C16H26FNO2. The molecule has 0 saturated carbocycles. The van der Waals surface area contributed by atoms with Crippen molar-refractivity contribution in [1.29, 1.82) is 0 Å². The first-order valence-electron chi connectivity index (χ1n) is 7.04. The average molecular weight is 283 g/mol. The van der Waals surface area contributed by atoms with Crippen LogP contribution in [0.3, 0.4) is 0 Å². The van der Waals surface area contributed by atoms with E-state index in [1.165, 1.54) is 6.07 Å². The number of methoxy groups -OCH3 is 1. The standard InChI is InChI=1S/C16H26FNO2/c1-16(2,3)8-10-20-15-13(6-5-7-14(15)17)12-18-9-11-19-4/h5-7,18H,8-12H2,1-4H3. The van der Waals surface area contributed by atoms with Gasteiger partial charge in [-0.3, -0.25) is 0 Å². The Balaban J connectivity index is 2.58. The summed E-state index contributed by atoms with van der Waals surface area (Å²) in [7, 11) is 1.66. The number of halogens is 1. The van der Waals surface area contributed by atoms with E-state index in [-0.39, 0.29) is 11.2 Å². The van der Waals surface area contributed by atoms with Gasteiger partial charge < -0.3 is 14.8 Å². The van der Waals surface area contributed by atoms with Crippen LogP contribution in [-0.2, 0) is 11.3 Å². The summed E-state index contributed by atoms with van der Waals surface area (Å²) in [6.45, 7) is 8.90. The molecule has 1 aromatic rings. The van der Waals surface area contributed by atoms with E-state index in [1.807, 2.05) is 6.07 Å². The molecule has 0 radical (unpaired) electrons. The Hall–Kier alpha value is -1.13. The van der Waals surface area contributed by atoms with Crippen molar-refractivity contribution in [3.8, 4) is 5.75 Å². The zero-order chi connectivity index (χ0) is 15.0. The number of hydrogen-bond donors (Lipinski definition) is 1. The number of benzene rings is 1. The summed E-state index contributed by atoms with van der Waals surface area (Å²) < 4.78 is 24.5. The van der Waals surface area contributed by atoms with E-state index in [0.717, 1.165) is 18.5 Å². The maximum atomic E-state index is 13.9. The molecule has 0 bridgehead atoms. The van der Waals surface area contributed by atoms with Crippen LogP contribution < -0.4 is 10.1 Å². The number of nitrogens with one attached hydrogen (secondary N) is 1. The summed E-state index contributed by atoms with van der Waals surface area (Å²) in [6, 6.07) is 5.03. The average Bonchev–Trinajstić information content (AvgIpc) is 2.36. The van der Waals surface area contributed by atoms with E-state index in [4.69, 9.17) is 9.47 Å². The monoisotopic (exact) mass is 283 g/mol. The van der Waals surface area contributed by atoms with E-state index < -0.39 is 0 Å². The van der Waals surface area contributed by atoms with Crippen molar-refractivity contribution in [2.75, 3.05) is 26.9 Å². The first-order valence-corrected chi connectivity index (χ1v) is 7.04. The lowest BCUT2D eigenvalue weighted by molar-refractivity contribution is 0.198. The van der Waals surface area contributed by atoms with Gasteiger partial charge >= 0.3 is 0 Å². The van der Waals surface area contributed by atoms with Gasteiger partial charge in [0.1, 0.15) is 0 Å². The zero-order valence-corrected chi connectivity index (χ0v) is 13.0. The fraction of sp³-hybridized carbons (Fsp3) is 0.625. The maximum absolute atomic E-state index is 13.9. The molecule has 0 unspecified atom stereocenters. The molecule has 0 amide bonds. The second-order valence-corrected chi connectivity index (χ2v) is 6.06. The van der Waals surface area contributed by atoms with Crippen molar-refractivity contribution in [2.45, 2.75) is 33.7 Å². The molecule has 0 aliphatic heterocycles. The van der Waals surface area contributed by atoms with Gasteiger partial charge in [0.25, 0.3) is 0 Å². The highest BCUT2D eigenvalue weighted by Crippen LogP contribution is 2.25. The predicted octanol–water partition coefficient (Wildman–Crippen LogP) is 3.38. The van der Waals surface area contributed by atoms with Crippen molar-refractivity contribution in [2.24, 2.45) is 5.41 Å². The second kappa shape index (κ2) is 8.22. The third-order valence-electron chi connectivity index (χ3n) is 2.95. The van der Waals surface area contributed by atoms with Crippen LogP contribution in [0, 0.1) is 11.2 Å². The minimum atomic E-state index is -0.301. The summed E-state index contributed by atoms with van der Waals surface area (Å²) in [6.07, 6.45) is 0.887. The van der Waals surface area contributed by atoms with Crippen LogP contribution >= 0.6 is 0 Å². The highest BCUT2D eigenvalue weighted by atomic mass is 19.1. The first-order chi connectivity index (χ1) is 9.44. The Morgan fingerprint density at radius 3 is 2.60 bits per heavy atom. The zero-order valence-electron chi connectivity index (χ0n) is 13.0. The van der Waals surface area contributed by atoms with Crippen LogP contribution in [0.25, 0.3) is 0 Å². The third kappa shape index (κ3) is 6.35. The quantitative estimate of drug-likeness (QED) is 0.742. The summed E-state index contributed by atoms with van der Waals surface area (Å²) in [5, 5.41) is 3.21. The fourth-order valence-electron chi connectivity index (χ4n) is 1.71. The maximum Gasteiger partial charge on any atom is 0.165 e. The molecule has 20 heavy (non-hydrogen) atoms. The van der Waals surface area contributed by atoms with E-state index in [0.29, 0.717) is 25.5 Å². The highest BCUT2D eigenvalue weighted by molar-refractivity contribution is 5.34. The molecule has 0 spiro atoms. The predicted molar refractivity (Wildman–Crippen MR) is 79.5 cm³/mol. The van der Waals surface area contributed by atoms with Crippen molar-refractivity contribution < 1.29 is 13.9 Å². The topological polar surface area (TPSA) is 30.5 Å². The van der Waals surface area contributed by atoms with E-state index in [9.17, 15) is 4.39 Å². The Bertz CT molecular complexity index is 402. The van der Waals surface area contributed by atoms with Crippen LogP contribution in [0.5, 0.6) is 5.75 Å². The molecule has 0 aliphatic carbocycles. The van der Waals surface area contributed by atoms with Crippen LogP contribution in [0.2, 0.25) is 0 Å². The minimum absolute atomic E-state index is 0.183. The number of hydrogen-bond acceptors (Lipinski definition) is 3. The normalized spacial score (nSPS) is 11.7. The van der Waals surface area contributed by atoms with Gasteiger partial charge in [0.05, 0.1) is 13.2 Å². The van der Waals surface area contributed by atoms with E-state index >= 15 is 0 Å². The summed E-state index contributed by atoms with van der Waals surface area (Å²) in [5.74, 6) is 0.0617. The third-order valence-corrected chi connectivity index (χ3v) is 2.95. The fourth-order valence-corrected chi connectivity index (χ4v) is 1.71. The van der Waals surface area contributed by atoms with Gasteiger partial charge in [-0.05, 0) is 17.9 Å². The van der Waals surface area contributed by atoms with Crippen LogP contribution in [0.4, 0.5) is 4.39 Å². The van der Waals surface area contributed by atoms with Gasteiger partial charge in [-0.1, -0.05) is 32.9 Å². The summed E-state index contributed by atoms with van der Waals surface area (Å²) in [4.78, 5) is 0. The lowest BCUT2D eigenvalue weighted by Gasteiger charge is -2.19. The SMILES string of the molecule is COCCNCc1cccc(F)c1OCCC(C)(C)C. The Kier molecular flexibility index (Phi) is 6.96. The van der Waals surface area contributed by atoms with Gasteiger partial charge in [-0.2, -0.15) is 0 Å². The number of ether oxygens (including phenoxy) is 2. The Morgan fingerprint density at radius 1 is 1.20 bits per heavy atom. The van der Waals surface area contributed by atoms with Gasteiger partial charge in [-0.15, -0.1) is 0 Å². The summed E-state index contributed by atoms with van der Waals surface area (Å²) >= 11 is 0. The molecule has 0 atom stereocenters. The lowest BCUT2D eigenvalue weighted by Crippen LogP contribution is -2.19. The molecule has 4 heteroatoms. The number of para-hydroxylation sites is 1. The van der Waals surface area contributed by atoms with Crippen LogP contribution in [0.15, 0.2) is 18.2 Å². The Labute approximate surface area is 121 Å². The number of rotatable bonds is 8. The van der Waals surface area contributed by atoms with Gasteiger partial charge in [0, 0.05) is 25.8 Å². The molecule has 0 saturated heterocycles. The molecule has 0 heterocycles. The second-order valence-electron chi connectivity index (χ2n) is 6.06. The van der Waals surface area contributed by atoms with Gasteiger partial charge in [0.2, 0.25) is 0 Å². The molecule has 0 aliphatic rings. The molecule has 1 N–H and O–H groups in total. The molecule has 0 aromatic heterocycles. The molecule has 0 fully saturated rings. The largest absolute Gasteiger partial charge is 0.490 e. The molecular weight excluding hydrogens is 257 g/mol. The smallest absolute Gasteiger partial charge is 0.165 e. The van der Waals surface area contributed by atoms with E-state index in [2.05, 4.69) is 26.1 Å². The van der Waals surface area contributed by atoms with Crippen molar-refractivity contribution in [3.05, 3.63) is 29.6 Å². The van der Waals surface area contributed by atoms with Crippen molar-refractivity contribution in [3.63, 3.8) is 0 Å². The van der Waals surface area contributed by atoms with Gasteiger partial charge in [0.15, 0.2) is 11.6 Å². The molecule has 3 nitrogen and oxygen atoms in total. The van der Waals surface area contributed by atoms with Crippen molar-refractivity contribution >= 4 is 0 Å². The van der Waals surface area contributed by atoms with Crippen molar-refractivity contribution in [1.82, 2.24) is 5.32 Å².